The van der Waals surface area contributed by atoms with E-state index in [-0.39, 0.29) is 18.4 Å². The van der Waals surface area contributed by atoms with Gasteiger partial charge in [0.05, 0.1) is 21.8 Å². The van der Waals surface area contributed by atoms with E-state index in [9.17, 15) is 9.59 Å². The molecular weight excluding hydrogens is 406 g/mol. The topological polar surface area (TPSA) is 71.1 Å². The molecule has 0 atom stereocenters. The maximum Gasteiger partial charge on any atom is 0.251 e. The molecule has 3 aromatic carbocycles. The lowest BCUT2D eigenvalue weighted by Gasteiger charge is -2.09. The lowest BCUT2D eigenvalue weighted by Crippen LogP contribution is -2.32. The molecule has 2 amide bonds. The Morgan fingerprint density at radius 2 is 1.65 bits per heavy atom. The molecule has 4 aromatic rings. The molecule has 1 aromatic heterocycles. The predicted molar refractivity (Wildman–Crippen MR) is 126 cm³/mol. The van der Waals surface area contributed by atoms with Crippen LogP contribution in [0.3, 0.4) is 0 Å². The summed E-state index contributed by atoms with van der Waals surface area (Å²) in [4.78, 5) is 29.2. The Morgan fingerprint density at radius 3 is 2.35 bits per heavy atom. The number of anilines is 1. The Kier molecular flexibility index (Phi) is 6.09. The van der Waals surface area contributed by atoms with Crippen molar-refractivity contribution in [1.82, 2.24) is 10.3 Å². The van der Waals surface area contributed by atoms with E-state index in [1.54, 1.807) is 11.3 Å². The van der Waals surface area contributed by atoms with Gasteiger partial charge in [-0.2, -0.15) is 0 Å². The highest BCUT2D eigenvalue weighted by molar-refractivity contribution is 7.18. The molecule has 0 aliphatic heterocycles. The zero-order valence-electron chi connectivity index (χ0n) is 17.4. The van der Waals surface area contributed by atoms with E-state index < -0.39 is 0 Å². The summed E-state index contributed by atoms with van der Waals surface area (Å²) in [5.41, 5.74) is 5.43. The number of rotatable bonds is 6. The van der Waals surface area contributed by atoms with Crippen molar-refractivity contribution in [3.8, 4) is 0 Å². The summed E-state index contributed by atoms with van der Waals surface area (Å²) in [5.74, 6) is -0.523. The molecule has 6 heteroatoms. The minimum absolute atomic E-state index is 0.0840. The van der Waals surface area contributed by atoms with E-state index in [0.29, 0.717) is 11.3 Å². The second-order valence-corrected chi connectivity index (χ2v) is 8.67. The zero-order valence-corrected chi connectivity index (χ0v) is 18.3. The molecule has 0 radical (unpaired) electrons. The van der Waals surface area contributed by atoms with Crippen molar-refractivity contribution in [3.05, 3.63) is 94.0 Å². The summed E-state index contributed by atoms with van der Waals surface area (Å²) in [6.45, 7) is 3.80. The Morgan fingerprint density at radius 1 is 0.935 bits per heavy atom. The van der Waals surface area contributed by atoms with Gasteiger partial charge >= 0.3 is 0 Å². The van der Waals surface area contributed by atoms with Crippen LogP contribution in [0.5, 0.6) is 0 Å². The predicted octanol–water partition coefficient (Wildman–Crippen LogP) is 4.87. The number of amides is 2. The number of aromatic nitrogens is 1. The van der Waals surface area contributed by atoms with E-state index in [2.05, 4.69) is 21.7 Å². The SMILES string of the molecule is Cc1cc(C)cc(C(=O)NCC(=O)Nc2ccc(Cc3nc4ccccc4s3)cc2)c1. The highest BCUT2D eigenvalue weighted by Crippen LogP contribution is 2.24. The van der Waals surface area contributed by atoms with E-state index >= 15 is 0 Å². The maximum atomic E-state index is 12.3. The summed E-state index contributed by atoms with van der Waals surface area (Å²) < 4.78 is 1.18. The van der Waals surface area contributed by atoms with Gasteiger partial charge in [0.2, 0.25) is 5.91 Å². The van der Waals surface area contributed by atoms with E-state index in [4.69, 9.17) is 0 Å². The summed E-state index contributed by atoms with van der Waals surface area (Å²) in [6, 6.07) is 21.4. The minimum Gasteiger partial charge on any atom is -0.343 e. The fraction of sp³-hybridized carbons (Fsp3) is 0.160. The number of nitrogens with one attached hydrogen (secondary N) is 2. The highest BCUT2D eigenvalue weighted by atomic mass is 32.1. The molecule has 4 rings (SSSR count). The van der Waals surface area contributed by atoms with Crippen LogP contribution in [0.25, 0.3) is 10.2 Å². The van der Waals surface area contributed by atoms with Crippen molar-refractivity contribution in [2.45, 2.75) is 20.3 Å². The third-order valence-electron chi connectivity index (χ3n) is 4.82. The van der Waals surface area contributed by atoms with Gasteiger partial charge in [-0.05, 0) is 55.8 Å². The lowest BCUT2D eigenvalue weighted by molar-refractivity contribution is -0.115. The van der Waals surface area contributed by atoms with Crippen LogP contribution in [0.2, 0.25) is 0 Å². The fourth-order valence-electron chi connectivity index (χ4n) is 3.45. The van der Waals surface area contributed by atoms with Gasteiger partial charge in [0.25, 0.3) is 5.91 Å². The molecule has 0 aliphatic rings. The molecule has 0 saturated carbocycles. The summed E-state index contributed by atoms with van der Waals surface area (Å²) in [7, 11) is 0. The van der Waals surface area contributed by atoms with Crippen LogP contribution in [-0.4, -0.2) is 23.3 Å². The number of para-hydroxylation sites is 1. The van der Waals surface area contributed by atoms with Gasteiger partial charge in [0.15, 0.2) is 0 Å². The zero-order chi connectivity index (χ0) is 21.8. The van der Waals surface area contributed by atoms with Crippen molar-refractivity contribution < 1.29 is 9.59 Å². The molecular formula is C25H23N3O2S. The third kappa shape index (κ3) is 5.35. The number of carbonyl (C=O) groups excluding carboxylic acids is 2. The number of aryl methyl sites for hydroxylation is 2. The van der Waals surface area contributed by atoms with Crippen LogP contribution in [0.4, 0.5) is 5.69 Å². The number of fused-ring (bicyclic) bond motifs is 1. The minimum atomic E-state index is -0.267. The maximum absolute atomic E-state index is 12.3. The quantitative estimate of drug-likeness (QED) is 0.459. The number of hydrogen-bond donors (Lipinski definition) is 2. The van der Waals surface area contributed by atoms with Gasteiger partial charge in [0.1, 0.15) is 0 Å². The van der Waals surface area contributed by atoms with E-state index in [1.165, 1.54) is 4.70 Å². The first-order valence-electron chi connectivity index (χ1n) is 10.1. The smallest absolute Gasteiger partial charge is 0.251 e. The Balaban J connectivity index is 1.31. The molecule has 31 heavy (non-hydrogen) atoms. The average molecular weight is 430 g/mol. The number of benzene rings is 3. The average Bonchev–Trinajstić information content (AvgIpc) is 3.15. The van der Waals surface area contributed by atoms with Gasteiger partial charge in [-0.25, -0.2) is 4.98 Å². The molecule has 1 heterocycles. The highest BCUT2D eigenvalue weighted by Gasteiger charge is 2.10. The normalized spacial score (nSPS) is 10.8. The number of hydrogen-bond acceptors (Lipinski definition) is 4. The standard InChI is InChI=1S/C25H23N3O2S/c1-16-11-17(2)13-19(12-16)25(30)26-15-23(29)27-20-9-7-18(8-10-20)14-24-28-21-5-3-4-6-22(21)31-24/h3-13H,14-15H2,1-2H3,(H,26,30)(H,27,29). The van der Waals surface area contributed by atoms with Crippen LogP contribution < -0.4 is 10.6 Å². The molecule has 2 N–H and O–H groups in total. The van der Waals surface area contributed by atoms with Crippen LogP contribution in [-0.2, 0) is 11.2 Å². The van der Waals surface area contributed by atoms with Crippen LogP contribution >= 0.6 is 11.3 Å². The van der Waals surface area contributed by atoms with E-state index in [1.807, 2.05) is 74.5 Å². The molecule has 0 unspecified atom stereocenters. The van der Waals surface area contributed by atoms with E-state index in [0.717, 1.165) is 33.6 Å². The molecule has 0 spiro atoms. The molecule has 0 bridgehead atoms. The van der Waals surface area contributed by atoms with Gasteiger partial charge in [-0.1, -0.05) is 41.5 Å². The number of carbonyl (C=O) groups is 2. The first-order chi connectivity index (χ1) is 15.0. The van der Waals surface area contributed by atoms with Crippen LogP contribution in [0, 0.1) is 13.8 Å². The number of thiazole rings is 1. The monoisotopic (exact) mass is 429 g/mol. The Labute approximate surface area is 185 Å². The largest absolute Gasteiger partial charge is 0.343 e. The molecule has 0 fully saturated rings. The van der Waals surface area contributed by atoms with Gasteiger partial charge in [-0.15, -0.1) is 11.3 Å². The summed E-state index contributed by atoms with van der Waals surface area (Å²) >= 11 is 1.69. The lowest BCUT2D eigenvalue weighted by atomic mass is 10.1. The van der Waals surface area contributed by atoms with Crippen molar-refractivity contribution in [2.75, 3.05) is 11.9 Å². The van der Waals surface area contributed by atoms with Crippen molar-refractivity contribution in [3.63, 3.8) is 0 Å². The van der Waals surface area contributed by atoms with Crippen molar-refractivity contribution in [2.24, 2.45) is 0 Å². The van der Waals surface area contributed by atoms with Crippen molar-refractivity contribution in [1.29, 1.82) is 0 Å². The van der Waals surface area contributed by atoms with Gasteiger partial charge in [-0.3, -0.25) is 9.59 Å². The van der Waals surface area contributed by atoms with Gasteiger partial charge in [0, 0.05) is 17.7 Å². The Hall–Kier alpha value is -3.51. The molecule has 0 aliphatic carbocycles. The summed E-state index contributed by atoms with van der Waals surface area (Å²) in [6.07, 6.45) is 0.750. The fourth-order valence-corrected chi connectivity index (χ4v) is 4.45. The second kappa shape index (κ2) is 9.10. The van der Waals surface area contributed by atoms with Gasteiger partial charge < -0.3 is 10.6 Å². The molecule has 0 saturated heterocycles. The van der Waals surface area contributed by atoms with Crippen molar-refractivity contribution >= 4 is 39.1 Å². The number of nitrogens with zero attached hydrogens (tertiary/aromatic N) is 1. The van der Waals surface area contributed by atoms with Crippen LogP contribution in [0.1, 0.15) is 32.1 Å². The first kappa shape index (κ1) is 20.8. The molecule has 156 valence electrons. The summed E-state index contributed by atoms with van der Waals surface area (Å²) in [5, 5.41) is 6.55. The first-order valence-corrected chi connectivity index (χ1v) is 10.9. The Bertz CT molecular complexity index is 1190. The van der Waals surface area contributed by atoms with Crippen LogP contribution in [0.15, 0.2) is 66.7 Å². The molecule has 5 nitrogen and oxygen atoms in total. The second-order valence-electron chi connectivity index (χ2n) is 7.56. The third-order valence-corrected chi connectivity index (χ3v) is 5.86.